The van der Waals surface area contributed by atoms with Gasteiger partial charge in [0, 0.05) is 25.7 Å². The summed E-state index contributed by atoms with van der Waals surface area (Å²) < 4.78 is 10.7. The minimum Gasteiger partial charge on any atom is -0.497 e. The van der Waals surface area contributed by atoms with Crippen LogP contribution in [0.15, 0.2) is 48.5 Å². The Morgan fingerprint density at radius 1 is 1.00 bits per heavy atom. The van der Waals surface area contributed by atoms with Crippen LogP contribution in [-0.4, -0.2) is 55.6 Å². The maximum atomic E-state index is 13.2. The van der Waals surface area contributed by atoms with Crippen LogP contribution in [0.3, 0.4) is 0 Å². The second-order valence-electron chi connectivity index (χ2n) is 8.05. The number of methoxy groups -OCH3 is 2. The summed E-state index contributed by atoms with van der Waals surface area (Å²) in [7, 11) is 3.32. The standard InChI is InChI=1S/C24H30N2O3/c1-28-20-12-10-18(11-13-20)15-25-14-6-5-7-19-16-26(17-22(19)25)24(27)21-8-3-4-9-23(21)29-2/h3-4,8-13,19,22H,5-7,14-17H2,1-2H3/t19-,22+/m0/s1. The molecule has 2 saturated heterocycles. The van der Waals surface area contributed by atoms with Crippen molar-refractivity contribution in [1.29, 1.82) is 0 Å². The van der Waals surface area contributed by atoms with E-state index < -0.39 is 0 Å². The molecule has 0 saturated carbocycles. The van der Waals surface area contributed by atoms with Gasteiger partial charge in [-0.2, -0.15) is 0 Å². The quantitative estimate of drug-likeness (QED) is 0.773. The fourth-order valence-corrected chi connectivity index (χ4v) is 4.76. The molecule has 5 nitrogen and oxygen atoms in total. The number of nitrogens with zero attached hydrogens (tertiary/aromatic N) is 2. The highest BCUT2D eigenvalue weighted by atomic mass is 16.5. The van der Waals surface area contributed by atoms with Crippen molar-refractivity contribution in [2.45, 2.75) is 31.8 Å². The van der Waals surface area contributed by atoms with E-state index in [2.05, 4.69) is 17.0 Å². The van der Waals surface area contributed by atoms with Gasteiger partial charge in [-0.05, 0) is 55.1 Å². The number of fused-ring (bicyclic) bond motifs is 1. The van der Waals surface area contributed by atoms with E-state index in [1.54, 1.807) is 14.2 Å². The smallest absolute Gasteiger partial charge is 0.257 e. The Labute approximate surface area is 173 Å². The third kappa shape index (κ3) is 4.25. The van der Waals surface area contributed by atoms with Crippen LogP contribution in [0.5, 0.6) is 11.5 Å². The van der Waals surface area contributed by atoms with Crippen LogP contribution >= 0.6 is 0 Å². The molecular formula is C24H30N2O3. The molecule has 2 atom stereocenters. The predicted molar refractivity (Wildman–Crippen MR) is 113 cm³/mol. The summed E-state index contributed by atoms with van der Waals surface area (Å²) in [6.45, 7) is 3.63. The molecule has 2 aromatic carbocycles. The molecule has 2 aromatic rings. The van der Waals surface area contributed by atoms with Crippen LogP contribution in [0.1, 0.15) is 35.2 Å². The summed E-state index contributed by atoms with van der Waals surface area (Å²) >= 11 is 0. The van der Waals surface area contributed by atoms with Crippen LogP contribution in [0, 0.1) is 5.92 Å². The van der Waals surface area contributed by atoms with Crippen LogP contribution in [0.2, 0.25) is 0 Å². The highest BCUT2D eigenvalue weighted by molar-refractivity contribution is 5.97. The van der Waals surface area contributed by atoms with Gasteiger partial charge in [-0.3, -0.25) is 9.69 Å². The van der Waals surface area contributed by atoms with E-state index in [1.165, 1.54) is 24.8 Å². The van der Waals surface area contributed by atoms with Gasteiger partial charge < -0.3 is 14.4 Å². The van der Waals surface area contributed by atoms with Crippen molar-refractivity contribution in [2.75, 3.05) is 33.9 Å². The topological polar surface area (TPSA) is 42.0 Å². The minimum atomic E-state index is 0.0833. The van der Waals surface area contributed by atoms with Crippen molar-refractivity contribution >= 4 is 5.91 Å². The van der Waals surface area contributed by atoms with E-state index in [0.717, 1.165) is 31.9 Å². The highest BCUT2D eigenvalue weighted by Gasteiger charge is 2.40. The lowest BCUT2D eigenvalue weighted by Crippen LogP contribution is -2.40. The Kier molecular flexibility index (Phi) is 6.05. The van der Waals surface area contributed by atoms with Gasteiger partial charge in [0.1, 0.15) is 11.5 Å². The lowest BCUT2D eigenvalue weighted by molar-refractivity contribution is 0.0769. The largest absolute Gasteiger partial charge is 0.497 e. The summed E-state index contributed by atoms with van der Waals surface area (Å²) in [5.74, 6) is 2.16. The fraction of sp³-hybridized carbons (Fsp3) is 0.458. The van der Waals surface area contributed by atoms with E-state index >= 15 is 0 Å². The average Bonchev–Trinajstić information content (AvgIpc) is 3.11. The number of ether oxygens (including phenoxy) is 2. The summed E-state index contributed by atoms with van der Waals surface area (Å²) in [5.41, 5.74) is 1.95. The van der Waals surface area contributed by atoms with Crippen molar-refractivity contribution < 1.29 is 14.3 Å². The summed E-state index contributed by atoms with van der Waals surface area (Å²) in [6, 6.07) is 16.3. The molecule has 2 heterocycles. The van der Waals surface area contributed by atoms with Gasteiger partial charge in [-0.25, -0.2) is 0 Å². The zero-order valence-electron chi connectivity index (χ0n) is 17.3. The van der Waals surface area contributed by atoms with E-state index in [1.807, 2.05) is 41.3 Å². The zero-order valence-corrected chi connectivity index (χ0v) is 17.3. The molecule has 2 aliphatic rings. The summed E-state index contributed by atoms with van der Waals surface area (Å²) in [5, 5.41) is 0. The lowest BCUT2D eigenvalue weighted by Gasteiger charge is -2.30. The zero-order chi connectivity index (χ0) is 20.2. The van der Waals surface area contributed by atoms with Gasteiger partial charge in [0.2, 0.25) is 0 Å². The highest BCUT2D eigenvalue weighted by Crippen LogP contribution is 2.33. The molecule has 2 aliphatic heterocycles. The van der Waals surface area contributed by atoms with E-state index in [-0.39, 0.29) is 5.91 Å². The van der Waals surface area contributed by atoms with Gasteiger partial charge >= 0.3 is 0 Å². The molecule has 0 aliphatic carbocycles. The van der Waals surface area contributed by atoms with E-state index in [4.69, 9.17) is 9.47 Å². The second-order valence-corrected chi connectivity index (χ2v) is 8.05. The van der Waals surface area contributed by atoms with Gasteiger partial charge in [0.15, 0.2) is 0 Å². The number of hydrogen-bond donors (Lipinski definition) is 0. The number of rotatable bonds is 5. The third-order valence-electron chi connectivity index (χ3n) is 6.32. The van der Waals surface area contributed by atoms with E-state index in [0.29, 0.717) is 23.3 Å². The molecule has 0 N–H and O–H groups in total. The molecule has 5 heteroatoms. The molecule has 0 radical (unpaired) electrons. The Bertz CT molecular complexity index is 836. The maximum absolute atomic E-state index is 13.2. The number of likely N-dealkylation sites (tertiary alicyclic amines) is 2. The number of benzene rings is 2. The first-order valence-electron chi connectivity index (χ1n) is 10.5. The molecule has 29 heavy (non-hydrogen) atoms. The molecule has 0 bridgehead atoms. The molecular weight excluding hydrogens is 364 g/mol. The Morgan fingerprint density at radius 3 is 2.55 bits per heavy atom. The van der Waals surface area contributed by atoms with Crippen molar-refractivity contribution in [2.24, 2.45) is 5.92 Å². The summed E-state index contributed by atoms with van der Waals surface area (Å²) in [4.78, 5) is 17.8. The SMILES string of the molecule is COc1ccc(CN2CCCC[C@H]3CN(C(=O)c4ccccc4OC)C[C@H]32)cc1. The molecule has 4 rings (SSSR count). The number of carbonyl (C=O) groups excluding carboxylic acids is 1. The first-order valence-corrected chi connectivity index (χ1v) is 10.5. The Hall–Kier alpha value is -2.53. The van der Waals surface area contributed by atoms with Gasteiger partial charge in [-0.1, -0.05) is 30.7 Å². The second kappa shape index (κ2) is 8.87. The number of carbonyl (C=O) groups is 1. The van der Waals surface area contributed by atoms with E-state index in [9.17, 15) is 4.79 Å². The molecule has 1 amide bonds. The van der Waals surface area contributed by atoms with Crippen LogP contribution < -0.4 is 9.47 Å². The molecule has 0 unspecified atom stereocenters. The van der Waals surface area contributed by atoms with Gasteiger partial charge in [0.25, 0.3) is 5.91 Å². The first kappa shape index (κ1) is 19.8. The van der Waals surface area contributed by atoms with Crippen LogP contribution in [0.4, 0.5) is 0 Å². The van der Waals surface area contributed by atoms with Crippen molar-refractivity contribution in [3.63, 3.8) is 0 Å². The predicted octanol–water partition coefficient (Wildman–Crippen LogP) is 3.83. The van der Waals surface area contributed by atoms with Crippen LogP contribution in [-0.2, 0) is 6.54 Å². The average molecular weight is 395 g/mol. The first-order chi connectivity index (χ1) is 14.2. The van der Waals surface area contributed by atoms with Crippen LogP contribution in [0.25, 0.3) is 0 Å². The van der Waals surface area contributed by atoms with Crippen molar-refractivity contribution in [3.05, 3.63) is 59.7 Å². The number of para-hydroxylation sites is 1. The lowest BCUT2D eigenvalue weighted by atomic mass is 9.98. The van der Waals surface area contributed by atoms with Gasteiger partial charge in [-0.15, -0.1) is 0 Å². The Morgan fingerprint density at radius 2 is 1.79 bits per heavy atom. The van der Waals surface area contributed by atoms with Crippen molar-refractivity contribution in [1.82, 2.24) is 9.80 Å². The molecule has 2 fully saturated rings. The van der Waals surface area contributed by atoms with Gasteiger partial charge in [0.05, 0.1) is 19.8 Å². The molecule has 154 valence electrons. The number of amides is 1. The maximum Gasteiger partial charge on any atom is 0.257 e. The minimum absolute atomic E-state index is 0.0833. The monoisotopic (exact) mass is 394 g/mol. The third-order valence-corrected chi connectivity index (χ3v) is 6.32. The normalized spacial score (nSPS) is 22.1. The Balaban J connectivity index is 1.50. The van der Waals surface area contributed by atoms with Crippen molar-refractivity contribution in [3.8, 4) is 11.5 Å². The number of hydrogen-bond acceptors (Lipinski definition) is 4. The summed E-state index contributed by atoms with van der Waals surface area (Å²) in [6.07, 6.45) is 3.65. The molecule has 0 spiro atoms. The molecule has 0 aromatic heterocycles. The fourth-order valence-electron chi connectivity index (χ4n) is 4.76.